The van der Waals surface area contributed by atoms with Gasteiger partial charge in [-0.15, -0.1) is 0 Å². The van der Waals surface area contributed by atoms with E-state index in [0.717, 1.165) is 61.4 Å². The number of hydrogen-bond acceptors (Lipinski definition) is 10. The predicted molar refractivity (Wildman–Crippen MR) is 254 cm³/mol. The molecule has 2 aromatic heterocycles. The van der Waals surface area contributed by atoms with Crippen LogP contribution < -0.4 is 18.9 Å². The third-order valence-electron chi connectivity index (χ3n) is 10.4. The fourth-order valence-electron chi connectivity index (χ4n) is 7.27. The lowest BCUT2D eigenvalue weighted by Gasteiger charge is -2.19. The topological polar surface area (TPSA) is 146 Å². The number of aromatic nitrogens is 8. The molecule has 8 bridgehead atoms. The van der Waals surface area contributed by atoms with Gasteiger partial charge in [0.05, 0.1) is 26.4 Å². The third kappa shape index (κ3) is 9.23. The minimum Gasteiger partial charge on any atom is -0.493 e. The first-order chi connectivity index (χ1) is 30.1. The fourth-order valence-corrected chi connectivity index (χ4v) is 7.27. The monoisotopic (exact) mass is 858 g/mol. The summed E-state index contributed by atoms with van der Waals surface area (Å²) in [7, 11) is 0. The van der Waals surface area contributed by atoms with Crippen molar-refractivity contribution in [3.8, 4) is 91.3 Å². The van der Waals surface area contributed by atoms with E-state index in [1.807, 2.05) is 72.8 Å². The van der Waals surface area contributed by atoms with Crippen molar-refractivity contribution in [2.75, 3.05) is 26.4 Å². The van der Waals surface area contributed by atoms with Gasteiger partial charge in [-0.3, -0.25) is 0 Å². The van der Waals surface area contributed by atoms with Crippen LogP contribution in [0.5, 0.6) is 23.0 Å². The van der Waals surface area contributed by atoms with Gasteiger partial charge in [0.2, 0.25) is 0 Å². The second-order valence-electron chi connectivity index (χ2n) is 21.8. The van der Waals surface area contributed by atoms with Crippen LogP contribution in [0.3, 0.4) is 0 Å². The van der Waals surface area contributed by atoms with Crippen molar-refractivity contribution in [3.05, 3.63) is 72.8 Å². The molecule has 64 heavy (non-hydrogen) atoms. The van der Waals surface area contributed by atoms with E-state index in [1.54, 1.807) is 0 Å². The molecule has 9 rings (SSSR count). The molecular weight excluding hydrogens is 801 g/mol. The largest absolute Gasteiger partial charge is 0.493 e. The predicted octanol–water partition coefficient (Wildman–Crippen LogP) is 12.5. The number of benzene rings is 4. The average molecular weight is 859 g/mol. The lowest BCUT2D eigenvalue weighted by molar-refractivity contribution is 0.198. The molecule has 0 amide bonds. The molecule has 4 aromatic carbocycles. The van der Waals surface area contributed by atoms with E-state index in [2.05, 4.69) is 93.1 Å². The highest BCUT2D eigenvalue weighted by atomic mass is 16.5. The zero-order valence-electron chi connectivity index (χ0n) is 39.1. The Morgan fingerprint density at radius 2 is 0.719 bits per heavy atom. The second-order valence-corrected chi connectivity index (χ2v) is 21.8. The molecule has 0 radical (unpaired) electrons. The van der Waals surface area contributed by atoms with Crippen LogP contribution in [0.1, 0.15) is 83.1 Å². The summed E-state index contributed by atoms with van der Waals surface area (Å²) in [4.78, 5) is 38.4. The minimum atomic E-state index is -0.0385. The Kier molecular flexibility index (Phi) is 10.4. The van der Waals surface area contributed by atoms with Crippen LogP contribution in [0.4, 0.5) is 0 Å². The first-order valence-electron chi connectivity index (χ1n) is 22.0. The number of ether oxygens (including phenoxy) is 4. The molecule has 3 aliphatic rings. The molecule has 12 heteroatoms. The van der Waals surface area contributed by atoms with Crippen molar-refractivity contribution in [2.24, 2.45) is 21.7 Å². The summed E-state index contributed by atoms with van der Waals surface area (Å²) >= 11 is 0. The summed E-state index contributed by atoms with van der Waals surface area (Å²) in [5.74, 6) is 5.90. The number of aromatic amines is 2. The third-order valence-corrected chi connectivity index (χ3v) is 10.4. The standard InChI is InChI=1S/C52H58N8O4/c1-49(2,3)25-61-29-13-17-33-37(21-29)45-53-41(33)58-46-39-23-31(63-27-51(7,8)9)15-19-35(39)43(55-46)60-48-40-24-32(64-28-52(10,11)12)16-20-36(40)44(56-48)59-47-38-22-30(62-26-50(4,5)6)14-18-34(38)42(54-47)57-45/h13-24H,25-28H2,1-12H3,(H2,53,54,55,56,57,58,59,60). The van der Waals surface area contributed by atoms with Crippen molar-refractivity contribution in [1.82, 2.24) is 39.9 Å². The summed E-state index contributed by atoms with van der Waals surface area (Å²) in [6.45, 7) is 28.0. The van der Waals surface area contributed by atoms with Gasteiger partial charge in [0.15, 0.2) is 29.1 Å². The van der Waals surface area contributed by atoms with E-state index in [0.29, 0.717) is 78.4 Å². The zero-order chi connectivity index (χ0) is 45.3. The molecular formula is C52H58N8O4. The van der Waals surface area contributed by atoms with Crippen LogP contribution in [-0.2, 0) is 0 Å². The molecule has 3 aliphatic heterocycles. The fraction of sp³-hybridized carbons (Fsp3) is 0.385. The molecule has 0 aliphatic carbocycles. The lowest BCUT2D eigenvalue weighted by Crippen LogP contribution is -2.16. The quantitative estimate of drug-likeness (QED) is 0.151. The Morgan fingerprint density at radius 3 is 1.17 bits per heavy atom. The van der Waals surface area contributed by atoms with Crippen molar-refractivity contribution < 1.29 is 18.9 Å². The summed E-state index contributed by atoms with van der Waals surface area (Å²) < 4.78 is 25.3. The summed E-state index contributed by atoms with van der Waals surface area (Å²) in [5, 5.41) is 1.75. The lowest BCUT2D eigenvalue weighted by atomic mass is 9.98. The van der Waals surface area contributed by atoms with Crippen LogP contribution in [0.15, 0.2) is 72.8 Å². The maximum absolute atomic E-state index is 6.33. The molecule has 0 saturated carbocycles. The average Bonchev–Trinajstić information content (AvgIpc) is 3.94. The van der Waals surface area contributed by atoms with E-state index < -0.39 is 0 Å². The number of nitrogens with one attached hydrogen (secondary N) is 2. The Labute approximate surface area is 375 Å². The maximum Gasteiger partial charge on any atom is 0.164 e. The van der Waals surface area contributed by atoms with Gasteiger partial charge in [0.1, 0.15) is 40.1 Å². The molecule has 0 saturated heterocycles. The molecule has 0 unspecified atom stereocenters. The summed E-state index contributed by atoms with van der Waals surface area (Å²) in [5.41, 5.74) is 6.03. The first kappa shape index (κ1) is 42.7. The number of nitrogens with zero attached hydrogens (tertiary/aromatic N) is 6. The zero-order valence-corrected chi connectivity index (χ0v) is 39.1. The summed E-state index contributed by atoms with van der Waals surface area (Å²) in [6, 6.07) is 24.0. The number of H-pyrrole nitrogens is 2. The SMILES string of the molecule is CC(C)(C)COc1ccc2c(c1)-c1nc3nc(nc4[nH]c([nH]c5nc(nc-2n1)-c1cc(OCC(C)(C)C)ccc1-5)c1cc(OCC(C)(C)C)ccc41)-c1cc(OCC(C)(C)C)ccc1-3. The van der Waals surface area contributed by atoms with Crippen LogP contribution in [-0.4, -0.2) is 66.3 Å². The number of rotatable bonds is 8. The van der Waals surface area contributed by atoms with Crippen molar-refractivity contribution in [1.29, 1.82) is 0 Å². The van der Waals surface area contributed by atoms with E-state index in [-0.39, 0.29) is 21.7 Å². The Bertz CT molecular complexity index is 3010. The molecule has 0 spiro atoms. The highest BCUT2D eigenvalue weighted by Crippen LogP contribution is 2.43. The number of fused-ring (bicyclic) bond motifs is 20. The Hall–Kier alpha value is -6.56. The van der Waals surface area contributed by atoms with Gasteiger partial charge >= 0.3 is 0 Å². The van der Waals surface area contributed by atoms with Gasteiger partial charge in [-0.05, 0) is 94.5 Å². The van der Waals surface area contributed by atoms with E-state index in [4.69, 9.17) is 48.9 Å². The van der Waals surface area contributed by atoms with Crippen molar-refractivity contribution in [3.63, 3.8) is 0 Å². The van der Waals surface area contributed by atoms with E-state index >= 15 is 0 Å². The van der Waals surface area contributed by atoms with Crippen molar-refractivity contribution >= 4 is 22.1 Å². The molecule has 0 atom stereocenters. The van der Waals surface area contributed by atoms with Crippen molar-refractivity contribution in [2.45, 2.75) is 83.1 Å². The van der Waals surface area contributed by atoms with Gasteiger partial charge in [-0.2, -0.15) is 0 Å². The highest BCUT2D eigenvalue weighted by Gasteiger charge is 2.28. The van der Waals surface area contributed by atoms with Gasteiger partial charge in [-0.1, -0.05) is 83.1 Å². The van der Waals surface area contributed by atoms with Gasteiger partial charge in [-0.25, -0.2) is 29.9 Å². The molecule has 12 nitrogen and oxygen atoms in total. The van der Waals surface area contributed by atoms with E-state index in [9.17, 15) is 0 Å². The van der Waals surface area contributed by atoms with Gasteiger partial charge in [0.25, 0.3) is 0 Å². The molecule has 330 valence electrons. The minimum absolute atomic E-state index is 0.0283. The molecule has 5 heterocycles. The van der Waals surface area contributed by atoms with Crippen LogP contribution >= 0.6 is 0 Å². The smallest absolute Gasteiger partial charge is 0.164 e. The first-order valence-corrected chi connectivity index (χ1v) is 22.0. The van der Waals surface area contributed by atoms with Crippen LogP contribution in [0.25, 0.3) is 90.4 Å². The molecule has 2 N–H and O–H groups in total. The summed E-state index contributed by atoms with van der Waals surface area (Å²) in [6.07, 6.45) is 0. The highest BCUT2D eigenvalue weighted by molar-refractivity contribution is 6.05. The Morgan fingerprint density at radius 1 is 0.359 bits per heavy atom. The molecule has 6 aromatic rings. The van der Waals surface area contributed by atoms with Gasteiger partial charge in [0, 0.05) is 44.2 Å². The molecule has 0 fully saturated rings. The number of hydrogen-bond donors (Lipinski definition) is 2. The van der Waals surface area contributed by atoms with E-state index in [1.165, 1.54) is 0 Å². The second kappa shape index (κ2) is 15.6. The maximum atomic E-state index is 6.33. The van der Waals surface area contributed by atoms with Gasteiger partial charge < -0.3 is 28.9 Å². The van der Waals surface area contributed by atoms with Crippen LogP contribution in [0, 0.1) is 21.7 Å². The Balaban J connectivity index is 1.32. The normalized spacial score (nSPS) is 12.9. The van der Waals surface area contributed by atoms with Crippen LogP contribution in [0.2, 0.25) is 0 Å².